The van der Waals surface area contributed by atoms with Crippen molar-refractivity contribution in [2.45, 2.75) is 31.2 Å². The second kappa shape index (κ2) is 6.85. The van der Waals surface area contributed by atoms with E-state index in [1.165, 1.54) is 25.1 Å². The molecule has 5 rings (SSSR count). The predicted molar refractivity (Wildman–Crippen MR) is 109 cm³/mol. The molecule has 1 spiro atoms. The van der Waals surface area contributed by atoms with Gasteiger partial charge in [0, 0.05) is 22.3 Å². The summed E-state index contributed by atoms with van der Waals surface area (Å²) < 4.78 is 14.1. The van der Waals surface area contributed by atoms with Gasteiger partial charge in [-0.05, 0) is 36.8 Å². The summed E-state index contributed by atoms with van der Waals surface area (Å²) in [5, 5.41) is 16.5. The summed E-state index contributed by atoms with van der Waals surface area (Å²) in [6.07, 6.45) is -1.03. The average Bonchev–Trinajstić information content (AvgIpc) is 3.31. The average molecular weight is 444 g/mol. The third-order valence-corrected chi connectivity index (χ3v) is 6.88. The molecule has 2 aromatic carbocycles. The number of imide groups is 1. The van der Waals surface area contributed by atoms with Crippen LogP contribution in [0.15, 0.2) is 42.5 Å². The summed E-state index contributed by atoms with van der Waals surface area (Å²) in [7, 11) is 0. The molecule has 0 saturated carbocycles. The minimum absolute atomic E-state index is 0.0510. The number of fused-ring (bicyclic) bond motifs is 4. The van der Waals surface area contributed by atoms with Crippen LogP contribution in [0, 0.1) is 17.7 Å². The van der Waals surface area contributed by atoms with E-state index < -0.39 is 53.1 Å². The number of aliphatic hydroxyl groups is 1. The van der Waals surface area contributed by atoms with Crippen LogP contribution in [-0.2, 0) is 26.5 Å². The highest BCUT2D eigenvalue weighted by Crippen LogP contribution is 2.53. The van der Waals surface area contributed by atoms with Crippen molar-refractivity contribution in [1.29, 1.82) is 0 Å². The number of carbonyl (C=O) groups is 3. The molecule has 7 nitrogen and oxygen atoms in total. The minimum Gasteiger partial charge on any atom is -0.392 e. The van der Waals surface area contributed by atoms with Crippen LogP contribution in [0.1, 0.15) is 18.1 Å². The molecule has 0 aromatic heterocycles. The van der Waals surface area contributed by atoms with Crippen molar-refractivity contribution in [3.05, 3.63) is 64.4 Å². The number of nitrogens with one attached hydrogen (secondary N) is 2. The molecule has 0 unspecified atom stereocenters. The Bertz CT molecular complexity index is 1140. The van der Waals surface area contributed by atoms with Crippen LogP contribution in [0.3, 0.4) is 0 Å². The van der Waals surface area contributed by atoms with Crippen LogP contribution in [0.4, 0.5) is 10.1 Å². The van der Waals surface area contributed by atoms with Gasteiger partial charge in [0.15, 0.2) is 0 Å². The number of benzene rings is 2. The fraction of sp³-hybridized carbons (Fsp3) is 0.318. The zero-order valence-electron chi connectivity index (χ0n) is 16.4. The van der Waals surface area contributed by atoms with Crippen LogP contribution in [0.25, 0.3) is 0 Å². The zero-order valence-corrected chi connectivity index (χ0v) is 17.2. The summed E-state index contributed by atoms with van der Waals surface area (Å²) >= 11 is 6.22. The Morgan fingerprint density at radius 1 is 1.19 bits per heavy atom. The first-order valence-electron chi connectivity index (χ1n) is 9.91. The first kappa shape index (κ1) is 20.1. The SMILES string of the molecule is C[C@@H](O)[C@@H]1N[C@]2(C(=O)Nc3ccc(F)cc32)[C@@H]2C(=O)N(Cc3ccccc3Cl)C(=O)[C@H]12. The van der Waals surface area contributed by atoms with Crippen molar-refractivity contribution >= 4 is 35.0 Å². The maximum Gasteiger partial charge on any atom is 0.250 e. The number of carbonyl (C=O) groups excluding carboxylic acids is 3. The monoisotopic (exact) mass is 443 g/mol. The lowest BCUT2D eigenvalue weighted by Gasteiger charge is -2.30. The van der Waals surface area contributed by atoms with Crippen LogP contribution in [-0.4, -0.2) is 39.9 Å². The maximum atomic E-state index is 14.1. The lowest BCUT2D eigenvalue weighted by atomic mass is 9.76. The van der Waals surface area contributed by atoms with E-state index in [1.807, 2.05) is 0 Å². The third-order valence-electron chi connectivity index (χ3n) is 6.51. The third kappa shape index (κ3) is 2.68. The lowest BCUT2D eigenvalue weighted by molar-refractivity contribution is -0.143. The van der Waals surface area contributed by atoms with Crippen molar-refractivity contribution in [2.24, 2.45) is 11.8 Å². The zero-order chi connectivity index (χ0) is 22.1. The van der Waals surface area contributed by atoms with Crippen molar-refractivity contribution in [3.63, 3.8) is 0 Å². The smallest absolute Gasteiger partial charge is 0.250 e. The van der Waals surface area contributed by atoms with Gasteiger partial charge in [0.05, 0.1) is 24.5 Å². The molecule has 5 atom stereocenters. The summed E-state index contributed by atoms with van der Waals surface area (Å²) in [4.78, 5) is 41.2. The Morgan fingerprint density at radius 3 is 2.65 bits per heavy atom. The number of halogens is 2. The second-order valence-electron chi connectivity index (χ2n) is 8.22. The largest absolute Gasteiger partial charge is 0.392 e. The first-order chi connectivity index (χ1) is 14.8. The van der Waals surface area contributed by atoms with Gasteiger partial charge in [-0.1, -0.05) is 29.8 Å². The summed E-state index contributed by atoms with van der Waals surface area (Å²) in [5.41, 5.74) is -0.431. The van der Waals surface area contributed by atoms with Gasteiger partial charge in [0.25, 0.3) is 0 Å². The van der Waals surface area contributed by atoms with Crippen LogP contribution in [0.2, 0.25) is 5.02 Å². The number of hydrogen-bond acceptors (Lipinski definition) is 5. The molecule has 3 amide bonds. The van der Waals surface area contributed by atoms with Gasteiger partial charge in [-0.25, -0.2) is 4.39 Å². The molecule has 31 heavy (non-hydrogen) atoms. The Morgan fingerprint density at radius 2 is 1.94 bits per heavy atom. The van der Waals surface area contributed by atoms with Crippen molar-refractivity contribution < 1.29 is 23.9 Å². The Hall–Kier alpha value is -2.81. The van der Waals surface area contributed by atoms with E-state index in [1.54, 1.807) is 24.3 Å². The van der Waals surface area contributed by atoms with Crippen molar-refractivity contribution in [3.8, 4) is 0 Å². The van der Waals surface area contributed by atoms with Gasteiger partial charge >= 0.3 is 0 Å². The molecule has 3 N–H and O–H groups in total. The van der Waals surface area contributed by atoms with Gasteiger partial charge in [-0.2, -0.15) is 0 Å². The number of amides is 3. The van der Waals surface area contributed by atoms with Crippen LogP contribution >= 0.6 is 11.6 Å². The molecule has 160 valence electrons. The van der Waals surface area contributed by atoms with Crippen LogP contribution in [0.5, 0.6) is 0 Å². The van der Waals surface area contributed by atoms with Crippen molar-refractivity contribution in [2.75, 3.05) is 5.32 Å². The quantitative estimate of drug-likeness (QED) is 0.628. The number of rotatable bonds is 3. The van der Waals surface area contributed by atoms with E-state index in [2.05, 4.69) is 10.6 Å². The van der Waals surface area contributed by atoms with E-state index in [0.29, 0.717) is 16.3 Å². The highest BCUT2D eigenvalue weighted by atomic mass is 35.5. The topological polar surface area (TPSA) is 98.7 Å². The molecule has 0 bridgehead atoms. The van der Waals surface area contributed by atoms with E-state index in [4.69, 9.17) is 11.6 Å². The molecule has 2 saturated heterocycles. The van der Waals surface area contributed by atoms with E-state index in [-0.39, 0.29) is 12.1 Å². The second-order valence-corrected chi connectivity index (χ2v) is 8.63. The molecule has 3 heterocycles. The molecule has 3 aliphatic heterocycles. The predicted octanol–water partition coefficient (Wildman–Crippen LogP) is 1.78. The standard InChI is InChI=1S/C22H19ClFN3O4/c1-10(28)18-16-17(20(30)27(19(16)29)9-11-4-2-3-5-14(11)23)22(26-18)13-8-12(24)6-7-15(13)25-21(22)31/h2-8,10,16-18,26,28H,9H2,1H3,(H,25,31)/t10-,16+,17+,18+,22+/m1/s1. The molecule has 0 aliphatic carbocycles. The van der Waals surface area contributed by atoms with Crippen molar-refractivity contribution in [1.82, 2.24) is 10.2 Å². The van der Waals surface area contributed by atoms with Gasteiger partial charge in [0.2, 0.25) is 17.7 Å². The number of anilines is 1. The van der Waals surface area contributed by atoms with Gasteiger partial charge < -0.3 is 10.4 Å². The fourth-order valence-electron chi connectivity index (χ4n) is 5.13. The Kier molecular flexibility index (Phi) is 4.44. The molecule has 0 radical (unpaired) electrons. The van der Waals surface area contributed by atoms with Gasteiger partial charge in [-0.15, -0.1) is 0 Å². The Balaban J connectivity index is 1.63. The minimum atomic E-state index is -1.65. The number of nitrogens with zero attached hydrogens (tertiary/aromatic N) is 1. The first-order valence-corrected chi connectivity index (χ1v) is 10.3. The fourth-order valence-corrected chi connectivity index (χ4v) is 5.33. The van der Waals surface area contributed by atoms with E-state index >= 15 is 0 Å². The summed E-state index contributed by atoms with van der Waals surface area (Å²) in [5.74, 6) is -4.27. The maximum absolute atomic E-state index is 14.1. The summed E-state index contributed by atoms with van der Waals surface area (Å²) in [6.45, 7) is 1.44. The lowest BCUT2D eigenvalue weighted by Crippen LogP contribution is -2.54. The van der Waals surface area contributed by atoms with Crippen LogP contribution < -0.4 is 10.6 Å². The normalized spacial score (nSPS) is 30.0. The Labute approximate surface area is 182 Å². The molecular weight excluding hydrogens is 425 g/mol. The van der Waals surface area contributed by atoms with Gasteiger partial charge in [0.1, 0.15) is 11.4 Å². The molecule has 9 heteroatoms. The highest BCUT2D eigenvalue weighted by molar-refractivity contribution is 6.31. The van der Waals surface area contributed by atoms with E-state index in [0.717, 1.165) is 4.90 Å². The van der Waals surface area contributed by atoms with E-state index in [9.17, 15) is 23.9 Å². The molecule has 2 fully saturated rings. The molecular formula is C22H19ClFN3O4. The number of aliphatic hydroxyl groups excluding tert-OH is 1. The highest BCUT2D eigenvalue weighted by Gasteiger charge is 2.71. The number of hydrogen-bond donors (Lipinski definition) is 3. The summed E-state index contributed by atoms with van der Waals surface area (Å²) in [6, 6.07) is 9.82. The molecule has 2 aromatic rings. The van der Waals surface area contributed by atoms with Gasteiger partial charge in [-0.3, -0.25) is 24.6 Å². The molecule has 3 aliphatic rings. The number of likely N-dealkylation sites (tertiary alicyclic amines) is 1.